The average Bonchev–Trinajstić information content (AvgIpc) is 3.68. The van der Waals surface area contributed by atoms with Crippen LogP contribution < -0.4 is 24.8 Å². The quantitative estimate of drug-likeness (QED) is 0.414. The minimum Gasteiger partial charge on any atom is -1.00 e. The fourth-order valence-electron chi connectivity index (χ4n) is 7.93. The van der Waals surface area contributed by atoms with E-state index in [1.54, 1.807) is 47.9 Å². The summed E-state index contributed by atoms with van der Waals surface area (Å²) in [6.45, 7) is 14.3. The minimum absolute atomic E-state index is 0. The van der Waals surface area contributed by atoms with Crippen molar-refractivity contribution < 1.29 is 45.2 Å². The molecule has 0 amide bonds. The van der Waals surface area contributed by atoms with Crippen molar-refractivity contribution >= 4 is 5.43 Å². The van der Waals surface area contributed by atoms with E-state index in [9.17, 15) is 0 Å². The zero-order valence-electron chi connectivity index (χ0n) is 25.5. The van der Waals surface area contributed by atoms with Crippen LogP contribution in [0.25, 0.3) is 11.1 Å². The van der Waals surface area contributed by atoms with E-state index in [-0.39, 0.29) is 41.1 Å². The Morgan fingerprint density at radius 2 is 1.12 bits per heavy atom. The van der Waals surface area contributed by atoms with E-state index >= 15 is 0 Å². The fraction of sp³-hybridized carbons (Fsp3) is 0.556. The van der Waals surface area contributed by atoms with E-state index in [1.807, 2.05) is 3.28 Å². The number of hydrogen-bond donors (Lipinski definition) is 0. The predicted octanol–water partition coefficient (Wildman–Crippen LogP) is 4.70. The van der Waals surface area contributed by atoms with E-state index in [1.165, 1.54) is 43.2 Å². The molecule has 0 heterocycles. The molecule has 0 nitrogen and oxygen atoms in total. The Bertz CT molecular complexity index is 1240. The van der Waals surface area contributed by atoms with Gasteiger partial charge in [-0.15, -0.1) is 0 Å². The number of rotatable bonds is 4. The van der Waals surface area contributed by atoms with Crippen LogP contribution in [0.3, 0.4) is 0 Å². The Kier molecular flexibility index (Phi) is 10.3. The van der Waals surface area contributed by atoms with Gasteiger partial charge in [0.1, 0.15) is 0 Å². The molecule has 2 saturated carbocycles. The van der Waals surface area contributed by atoms with Crippen LogP contribution in [0, 0.1) is 0 Å². The molecular formula is C36H48Cl2SiZr. The van der Waals surface area contributed by atoms with Gasteiger partial charge in [0.25, 0.3) is 0 Å². The van der Waals surface area contributed by atoms with Crippen LogP contribution in [-0.4, -0.2) is 5.43 Å². The maximum absolute atomic E-state index is 2.63. The van der Waals surface area contributed by atoms with Crippen LogP contribution in [-0.2, 0) is 31.2 Å². The van der Waals surface area contributed by atoms with Crippen molar-refractivity contribution in [2.45, 2.75) is 125 Å². The number of fused-ring (bicyclic) bond motifs is 3. The van der Waals surface area contributed by atoms with Gasteiger partial charge in [-0.25, -0.2) is 0 Å². The Morgan fingerprint density at radius 1 is 0.675 bits per heavy atom. The third-order valence-electron chi connectivity index (χ3n) is 10.1. The largest absolute Gasteiger partial charge is 1.00 e. The van der Waals surface area contributed by atoms with Gasteiger partial charge in [0.2, 0.25) is 0 Å². The second-order valence-corrected chi connectivity index (χ2v) is 29.7. The van der Waals surface area contributed by atoms with Crippen LogP contribution in [0.2, 0.25) is 11.1 Å². The summed E-state index contributed by atoms with van der Waals surface area (Å²) in [7, 11) is 0. The molecule has 0 unspecified atom stereocenters. The summed E-state index contributed by atoms with van der Waals surface area (Å²) >= 11 is -2.07. The first-order valence-corrected chi connectivity index (χ1v) is 23.5. The Morgan fingerprint density at radius 3 is 1.50 bits per heavy atom. The van der Waals surface area contributed by atoms with Gasteiger partial charge in [-0.1, -0.05) is 0 Å². The molecule has 2 fully saturated rings. The number of benzene rings is 2. The molecule has 0 saturated heterocycles. The molecule has 0 aromatic heterocycles. The molecule has 2 aromatic carbocycles. The first kappa shape index (κ1) is 32.5. The molecule has 0 radical (unpaired) electrons. The molecule has 4 heteroatoms. The molecule has 0 aliphatic heterocycles. The van der Waals surface area contributed by atoms with Crippen molar-refractivity contribution in [2.24, 2.45) is 0 Å². The van der Waals surface area contributed by atoms with Gasteiger partial charge in [0.05, 0.1) is 0 Å². The summed E-state index contributed by atoms with van der Waals surface area (Å²) in [6, 6.07) is 15.5. The molecule has 2 aromatic rings. The molecule has 0 N–H and O–H groups in total. The predicted molar refractivity (Wildman–Crippen MR) is 163 cm³/mol. The first-order valence-electron chi connectivity index (χ1n) is 15.5. The number of halogens is 2. The topological polar surface area (TPSA) is 0 Å². The van der Waals surface area contributed by atoms with E-state index in [2.05, 4.69) is 96.2 Å². The summed E-state index contributed by atoms with van der Waals surface area (Å²) in [5.74, 6) is 0. The van der Waals surface area contributed by atoms with Gasteiger partial charge >= 0.3 is 242 Å². The monoisotopic (exact) mass is 668 g/mol. The summed E-state index contributed by atoms with van der Waals surface area (Å²) in [5, 5.41) is 0. The first-order chi connectivity index (χ1) is 18.1. The van der Waals surface area contributed by atoms with Crippen LogP contribution in [0.4, 0.5) is 0 Å². The van der Waals surface area contributed by atoms with Crippen molar-refractivity contribution in [3.8, 4) is 11.1 Å². The van der Waals surface area contributed by atoms with Crippen molar-refractivity contribution in [3.63, 3.8) is 0 Å². The minimum atomic E-state index is -2.07. The second-order valence-electron chi connectivity index (χ2n) is 14.7. The normalized spacial score (nSPS) is 19.0. The summed E-state index contributed by atoms with van der Waals surface area (Å²) in [5.41, 5.74) is 11.8. The van der Waals surface area contributed by atoms with Gasteiger partial charge in [-0.05, 0) is 0 Å². The van der Waals surface area contributed by atoms with Crippen molar-refractivity contribution in [2.75, 3.05) is 0 Å². The zero-order valence-corrected chi connectivity index (χ0v) is 30.5. The van der Waals surface area contributed by atoms with E-state index < -0.39 is 20.4 Å². The van der Waals surface area contributed by atoms with Gasteiger partial charge < -0.3 is 24.8 Å². The van der Waals surface area contributed by atoms with Gasteiger partial charge in [-0.3, -0.25) is 0 Å². The fourth-order valence-corrected chi connectivity index (χ4v) is 36.3. The Hall–Kier alpha value is -0.400. The SMILES string of the molecule is CC(C)(C)c1ccc2c(c1)-c1cc(C(C)(C)C)ccc1[CH]2[Zr+2]([C]1=CC=CC1)=[Si](C1CCCC1)C1CCCC1.[Cl-].[Cl-]. The Labute approximate surface area is 264 Å². The van der Waals surface area contributed by atoms with Gasteiger partial charge in [0, 0.05) is 0 Å². The van der Waals surface area contributed by atoms with Gasteiger partial charge in [-0.2, -0.15) is 0 Å². The van der Waals surface area contributed by atoms with E-state index in [0.29, 0.717) is 0 Å². The van der Waals surface area contributed by atoms with Crippen molar-refractivity contribution in [1.29, 1.82) is 0 Å². The standard InChI is InChI=1S/C21H25.C10H18Si.C5H5.2ClH.Zr/c1-20(2,3)16-9-7-14-11-15-8-10-17(21(4,5)6)13-19(15)18(14)12-16;1-2-6-9(5-1)11-10-7-3-4-8-10;1-2-4-5-3-1;;;/h7-13H,1-6H3;9-10H,1-8H2;1-3H,4H2;2*1H;/q;;;;;+2/p-2. The molecule has 6 rings (SSSR count). The molecule has 214 valence electrons. The smallest absolute Gasteiger partial charge is 1.00 e. The molecule has 4 aliphatic rings. The number of hydrogen-bond acceptors (Lipinski definition) is 0. The van der Waals surface area contributed by atoms with Crippen LogP contribution in [0.15, 0.2) is 57.9 Å². The van der Waals surface area contributed by atoms with E-state index in [0.717, 1.165) is 14.7 Å². The molecular weight excluding hydrogens is 623 g/mol. The van der Waals surface area contributed by atoms with Crippen molar-refractivity contribution in [1.82, 2.24) is 0 Å². The molecule has 40 heavy (non-hydrogen) atoms. The third-order valence-corrected chi connectivity index (χ3v) is 33.4. The maximum atomic E-state index is 2.63. The molecule has 4 aliphatic carbocycles. The summed E-state index contributed by atoms with van der Waals surface area (Å²) in [4.78, 5) is 0. The van der Waals surface area contributed by atoms with Crippen molar-refractivity contribution in [3.05, 3.63) is 80.2 Å². The Balaban J connectivity index is 0.00000185. The number of allylic oxidation sites excluding steroid dienone is 4. The summed E-state index contributed by atoms with van der Waals surface area (Å²) in [6.07, 6.45) is 21.0. The van der Waals surface area contributed by atoms with Crippen LogP contribution in [0.1, 0.15) is 125 Å². The second kappa shape index (κ2) is 12.7. The van der Waals surface area contributed by atoms with Gasteiger partial charge in [0.15, 0.2) is 0 Å². The third kappa shape index (κ3) is 6.14. The summed E-state index contributed by atoms with van der Waals surface area (Å²) < 4.78 is 2.69. The molecule has 0 spiro atoms. The zero-order chi connectivity index (χ0) is 26.7. The average molecular weight is 671 g/mol. The molecule has 0 atom stereocenters. The molecule has 0 bridgehead atoms. The van der Waals surface area contributed by atoms with Crippen LogP contribution in [0.5, 0.6) is 0 Å². The van der Waals surface area contributed by atoms with Crippen LogP contribution >= 0.6 is 0 Å². The van der Waals surface area contributed by atoms with E-state index in [4.69, 9.17) is 0 Å². The maximum Gasteiger partial charge on any atom is -1.00 e.